The predicted molar refractivity (Wildman–Crippen MR) is 401 cm³/mol. The van der Waals surface area contributed by atoms with Gasteiger partial charge < -0.3 is 122 Å². The number of rotatable bonds is 27. The largest absolute Gasteiger partial charge is 0.481 e. The fourth-order valence-electron chi connectivity index (χ4n) is 12.9. The summed E-state index contributed by atoms with van der Waals surface area (Å²) in [5.74, 6) is -3.92. The minimum Gasteiger partial charge on any atom is -0.481 e. The lowest BCUT2D eigenvalue weighted by Crippen LogP contribution is -2.67. The molecule has 0 atom stereocenters. The minimum absolute atomic E-state index is 0.0119. The molecule has 24 N–H and O–H groups in total. The van der Waals surface area contributed by atoms with Crippen LogP contribution in [0.4, 0.5) is 0 Å². The molecular weight excluding hydrogens is 1340 g/mol. The van der Waals surface area contributed by atoms with Crippen LogP contribution in [0.25, 0.3) is 0 Å². The third-order valence-corrected chi connectivity index (χ3v) is 18.5. The number of ketones is 2. The van der Waals surface area contributed by atoms with E-state index in [1.165, 1.54) is 0 Å². The molecule has 2 bridgehead atoms. The molecule has 33 heteroatoms. The SMILES string of the molecule is CC1(CC(=O)CCCC(=O)O)CNCCNCC(C)(NC(=O)CCCC(=O)O)CNCCNC1.CC1(N)CNCCNCC(C)(CC(=O)CCCC(=O)O)CNCCNC1.CC1CNCC2(NC(=O)CCCC(=O)O)CNCC(C)CNCC(NC(=O)CCCC(=O)O)(CNC1)CNCC(C)CNC2. The van der Waals surface area contributed by atoms with Gasteiger partial charge in [-0.05, 0) is 114 Å². The lowest BCUT2D eigenvalue weighted by molar-refractivity contribution is -0.138. The number of carbonyl (C=O) groups excluding carboxylic acids is 5. The normalized spacial score (nSPS) is 28.3. The Morgan fingerprint density at radius 3 is 0.779 bits per heavy atom. The van der Waals surface area contributed by atoms with Gasteiger partial charge in [0.05, 0.1) is 16.6 Å². The number of carbonyl (C=O) groups is 10. The molecule has 0 aliphatic carbocycles. The number of amides is 3. The van der Waals surface area contributed by atoms with Gasteiger partial charge >= 0.3 is 29.8 Å². The molecule has 0 spiro atoms. The van der Waals surface area contributed by atoms with Crippen LogP contribution in [0.5, 0.6) is 0 Å². The van der Waals surface area contributed by atoms with E-state index in [0.29, 0.717) is 182 Å². The van der Waals surface area contributed by atoms with Crippen LogP contribution in [-0.2, 0) is 47.9 Å². The van der Waals surface area contributed by atoms with Crippen LogP contribution in [0, 0.1) is 28.6 Å². The number of hydrogen-bond acceptors (Lipinski definition) is 25. The second-order valence-corrected chi connectivity index (χ2v) is 31.2. The molecule has 3 amide bonds. The van der Waals surface area contributed by atoms with Crippen LogP contribution >= 0.6 is 0 Å². The molecular formula is C71H138N18O15. The zero-order chi connectivity index (χ0) is 77.3. The Morgan fingerprint density at radius 1 is 0.308 bits per heavy atom. The molecule has 5 rings (SSSR count). The molecule has 0 aromatic heterocycles. The van der Waals surface area contributed by atoms with Crippen LogP contribution in [0.15, 0.2) is 0 Å². The van der Waals surface area contributed by atoms with E-state index in [-0.39, 0.29) is 121 Å². The van der Waals surface area contributed by atoms with Gasteiger partial charge in [-0.1, -0.05) is 34.6 Å². The second-order valence-electron chi connectivity index (χ2n) is 31.2. The van der Waals surface area contributed by atoms with E-state index < -0.39 is 46.5 Å². The smallest absolute Gasteiger partial charge is 0.303 e. The Kier molecular flexibility index (Phi) is 47.8. The van der Waals surface area contributed by atoms with E-state index in [9.17, 15) is 47.9 Å². The van der Waals surface area contributed by atoms with E-state index in [2.05, 4.69) is 125 Å². The fraction of sp³-hybridized carbons (Fsp3) is 0.859. The van der Waals surface area contributed by atoms with Crippen LogP contribution < -0.4 is 96.1 Å². The maximum atomic E-state index is 13.0. The molecule has 0 aromatic rings. The first-order valence-electron chi connectivity index (χ1n) is 37.9. The number of nitrogens with one attached hydrogen (secondary N) is 17. The molecule has 5 fully saturated rings. The molecule has 33 nitrogen and oxygen atoms in total. The summed E-state index contributed by atoms with van der Waals surface area (Å²) in [6, 6.07) is 0. The van der Waals surface area contributed by atoms with Crippen molar-refractivity contribution in [3.8, 4) is 0 Å². The monoisotopic (exact) mass is 1480 g/mol. The molecule has 0 saturated carbocycles. The number of carboxylic acid groups (broad SMARTS) is 5. The van der Waals surface area contributed by atoms with Gasteiger partial charge in [-0.15, -0.1) is 0 Å². The average molecular weight is 1480 g/mol. The minimum atomic E-state index is -0.904. The molecule has 0 radical (unpaired) electrons. The molecule has 0 unspecified atom stereocenters. The fourth-order valence-corrected chi connectivity index (χ4v) is 12.9. The van der Waals surface area contributed by atoms with Crippen LogP contribution in [0.2, 0.25) is 0 Å². The van der Waals surface area contributed by atoms with Crippen molar-refractivity contribution in [3.05, 3.63) is 0 Å². The number of aliphatic carboxylic acids is 5. The van der Waals surface area contributed by atoms with Gasteiger partial charge in [0, 0.05) is 227 Å². The highest BCUT2D eigenvalue weighted by Crippen LogP contribution is 2.23. The predicted octanol–water partition coefficient (Wildman–Crippen LogP) is -2.32. The van der Waals surface area contributed by atoms with E-state index in [1.807, 2.05) is 13.8 Å². The molecule has 104 heavy (non-hydrogen) atoms. The standard InChI is InChI=1S/C30H58N8O6.C23H43N5O6.C18H37N5O3/c1-22-10-31-16-29(37-25(39)6-4-8-27(41)42)18-33-12-23(2)13-34-19-30(17-32-11-22,21-36-15-24(3)14-35-20-29)38-26(40)7-5-9-28(43)44;1-22(13-18(29)5-3-7-20(31)32)14-24-9-11-26-16-23(2,17-27-12-10-25-15-22)28-19(30)6-4-8-21(33)34;1-17(10-15(24)4-3-5-16(25)26)11-20-6-8-22-13-18(2,19)14-23-9-7-21-12-17/h22-24,31-36H,4-21H2,1-3H3,(H,37,39)(H,38,40)(H,41,42)(H,43,44);24-27H,3-17H2,1-2H3,(H,28,30)(H,31,32)(H,33,34);20-23H,3-14,19H2,1-2H3,(H,25,26). The van der Waals surface area contributed by atoms with Crippen LogP contribution in [-0.4, -0.2) is 290 Å². The summed E-state index contributed by atoms with van der Waals surface area (Å²) in [5, 5.41) is 102. The summed E-state index contributed by atoms with van der Waals surface area (Å²) in [6.07, 6.45) is 3.61. The lowest BCUT2D eigenvalue weighted by Gasteiger charge is -2.39. The highest BCUT2D eigenvalue weighted by molar-refractivity contribution is 5.81. The summed E-state index contributed by atoms with van der Waals surface area (Å²) < 4.78 is 0. The number of nitrogens with two attached hydrogens (primary N) is 1. The highest BCUT2D eigenvalue weighted by Gasteiger charge is 2.36. The molecule has 5 heterocycles. The zero-order valence-corrected chi connectivity index (χ0v) is 63.9. The van der Waals surface area contributed by atoms with Gasteiger partial charge in [0.2, 0.25) is 17.7 Å². The van der Waals surface area contributed by atoms with Crippen molar-refractivity contribution in [3.63, 3.8) is 0 Å². The van der Waals surface area contributed by atoms with Crippen molar-refractivity contribution < 1.29 is 73.5 Å². The first kappa shape index (κ1) is 94.6. The molecule has 0 aromatic carbocycles. The summed E-state index contributed by atoms with van der Waals surface area (Å²) in [6.45, 7) is 33.5. The van der Waals surface area contributed by atoms with E-state index >= 15 is 0 Å². The van der Waals surface area contributed by atoms with Crippen molar-refractivity contribution in [1.82, 2.24) is 90.4 Å². The van der Waals surface area contributed by atoms with Gasteiger partial charge in [0.15, 0.2) is 0 Å². The van der Waals surface area contributed by atoms with Crippen molar-refractivity contribution in [2.24, 2.45) is 34.3 Å². The first-order chi connectivity index (χ1) is 49.2. The quantitative estimate of drug-likeness (QED) is 0.0411. The number of fused-ring (bicyclic) bond motifs is 18. The van der Waals surface area contributed by atoms with Crippen molar-refractivity contribution in [2.45, 2.75) is 180 Å². The molecule has 5 saturated heterocycles. The van der Waals surface area contributed by atoms with Crippen molar-refractivity contribution in [2.75, 3.05) is 183 Å². The van der Waals surface area contributed by atoms with Gasteiger partial charge in [-0.2, -0.15) is 0 Å². The Bertz CT molecular complexity index is 2320. The van der Waals surface area contributed by atoms with Gasteiger partial charge in [-0.3, -0.25) is 47.9 Å². The topological polar surface area (TPSA) is 502 Å². The molecule has 5 aliphatic heterocycles. The Labute approximate surface area is 618 Å². The van der Waals surface area contributed by atoms with E-state index in [0.717, 1.165) is 52.4 Å². The summed E-state index contributed by atoms with van der Waals surface area (Å²) in [5.41, 5.74) is 3.77. The second kappa shape index (κ2) is 52.5. The van der Waals surface area contributed by atoms with Gasteiger partial charge in [-0.25, -0.2) is 0 Å². The maximum Gasteiger partial charge on any atom is 0.303 e. The Morgan fingerprint density at radius 2 is 0.529 bits per heavy atom. The summed E-state index contributed by atoms with van der Waals surface area (Å²) >= 11 is 0. The highest BCUT2D eigenvalue weighted by atomic mass is 16.4. The Balaban J connectivity index is 0.000000549. The Hall–Kier alpha value is -5.50. The third-order valence-electron chi connectivity index (χ3n) is 18.5. The molecule has 5 aliphatic rings. The third kappa shape index (κ3) is 47.9. The van der Waals surface area contributed by atoms with Crippen molar-refractivity contribution >= 4 is 59.1 Å². The van der Waals surface area contributed by atoms with Gasteiger partial charge in [0.25, 0.3) is 0 Å². The van der Waals surface area contributed by atoms with Gasteiger partial charge in [0.1, 0.15) is 11.6 Å². The summed E-state index contributed by atoms with van der Waals surface area (Å²) in [4.78, 5) is 117. The first-order valence-corrected chi connectivity index (χ1v) is 37.9. The van der Waals surface area contributed by atoms with E-state index in [1.54, 1.807) is 0 Å². The number of Topliss-reactive ketones (excluding diaryl/α,β-unsaturated/α-hetero) is 2. The number of carboxylic acids is 5. The zero-order valence-electron chi connectivity index (χ0n) is 63.9. The van der Waals surface area contributed by atoms with E-state index in [4.69, 9.17) is 31.3 Å². The lowest BCUT2D eigenvalue weighted by atomic mass is 9.83. The molecule has 602 valence electrons. The average Bonchev–Trinajstić information content (AvgIpc) is 0.850. The van der Waals surface area contributed by atoms with Crippen LogP contribution in [0.1, 0.15) is 158 Å². The van der Waals surface area contributed by atoms with Crippen LogP contribution in [0.3, 0.4) is 0 Å². The number of hydrogen-bond donors (Lipinski definition) is 23. The summed E-state index contributed by atoms with van der Waals surface area (Å²) in [7, 11) is 0. The van der Waals surface area contributed by atoms with Crippen molar-refractivity contribution in [1.29, 1.82) is 0 Å². The maximum absolute atomic E-state index is 13.0.